The molecule has 1 aliphatic carbocycles. The molecule has 2 aliphatic rings. The second kappa shape index (κ2) is 4.00. The van der Waals surface area contributed by atoms with Crippen LogP contribution in [-0.4, -0.2) is 21.9 Å². The van der Waals surface area contributed by atoms with Crippen LogP contribution in [0, 0.1) is 0 Å². The van der Waals surface area contributed by atoms with E-state index in [2.05, 4.69) is 11.9 Å². The Bertz CT molecular complexity index is 482. The van der Waals surface area contributed by atoms with E-state index in [0.717, 1.165) is 36.3 Å². The van der Waals surface area contributed by atoms with Crippen LogP contribution in [0.1, 0.15) is 38.0 Å². The summed E-state index contributed by atoms with van der Waals surface area (Å²) in [5.74, 6) is 0.967. The molecular formula is C13H15ClN2O. The molecule has 1 heterocycles. The number of fused-ring (bicyclic) bond motifs is 1. The van der Waals surface area contributed by atoms with Crippen LogP contribution < -0.4 is 0 Å². The van der Waals surface area contributed by atoms with Crippen LogP contribution in [0.3, 0.4) is 0 Å². The Morgan fingerprint density at radius 3 is 2.88 bits per heavy atom. The average molecular weight is 251 g/mol. The van der Waals surface area contributed by atoms with Gasteiger partial charge in [0.25, 0.3) is 0 Å². The first kappa shape index (κ1) is 11.1. The van der Waals surface area contributed by atoms with Gasteiger partial charge in [0.1, 0.15) is 5.84 Å². The fraction of sp³-hybridized carbons (Fsp3) is 0.462. The number of amidine groups is 1. The van der Waals surface area contributed by atoms with E-state index >= 15 is 0 Å². The molecule has 1 N–H and O–H groups in total. The average Bonchev–Trinajstić information content (AvgIpc) is 3.12. The predicted octanol–water partition coefficient (Wildman–Crippen LogP) is 3.25. The molecule has 4 heteroatoms. The maximum absolute atomic E-state index is 10.5. The van der Waals surface area contributed by atoms with E-state index in [-0.39, 0.29) is 0 Å². The van der Waals surface area contributed by atoms with E-state index in [1.54, 1.807) is 6.07 Å². The van der Waals surface area contributed by atoms with Crippen molar-refractivity contribution in [3.63, 3.8) is 0 Å². The van der Waals surface area contributed by atoms with Gasteiger partial charge in [0.05, 0.1) is 10.7 Å². The van der Waals surface area contributed by atoms with Crippen LogP contribution in [0.4, 0.5) is 5.69 Å². The van der Waals surface area contributed by atoms with Gasteiger partial charge in [-0.2, -0.15) is 0 Å². The van der Waals surface area contributed by atoms with Crippen LogP contribution >= 0.6 is 11.6 Å². The highest BCUT2D eigenvalue weighted by atomic mass is 35.5. The minimum absolute atomic E-state index is 0.438. The second-order valence-electron chi connectivity index (χ2n) is 4.57. The van der Waals surface area contributed by atoms with Crippen molar-refractivity contribution in [2.24, 2.45) is 4.99 Å². The quantitative estimate of drug-likeness (QED) is 0.875. The van der Waals surface area contributed by atoms with Gasteiger partial charge in [-0.15, -0.1) is 0 Å². The first-order valence-electron chi connectivity index (χ1n) is 6.04. The molecule has 1 unspecified atom stereocenters. The lowest BCUT2D eigenvalue weighted by Crippen LogP contribution is -2.38. The maximum atomic E-state index is 10.5. The van der Waals surface area contributed by atoms with E-state index < -0.39 is 6.23 Å². The number of aliphatic hydroxyl groups is 1. The van der Waals surface area contributed by atoms with Gasteiger partial charge in [-0.3, -0.25) is 0 Å². The SMILES string of the molecule is CCC1=Nc2cccc(Cl)c2C(O)N1C1CC1. The first-order chi connectivity index (χ1) is 8.22. The Kier molecular flexibility index (Phi) is 2.60. The fourth-order valence-corrected chi connectivity index (χ4v) is 2.65. The van der Waals surface area contributed by atoms with E-state index in [0.29, 0.717) is 11.1 Å². The predicted molar refractivity (Wildman–Crippen MR) is 68.7 cm³/mol. The molecule has 0 aromatic heterocycles. The van der Waals surface area contributed by atoms with Gasteiger partial charge in [0.15, 0.2) is 6.23 Å². The number of rotatable bonds is 2. The summed E-state index contributed by atoms with van der Waals surface area (Å²) in [7, 11) is 0. The first-order valence-corrected chi connectivity index (χ1v) is 6.42. The lowest BCUT2D eigenvalue weighted by molar-refractivity contribution is 0.0440. The number of nitrogens with zero attached hydrogens (tertiary/aromatic N) is 2. The topological polar surface area (TPSA) is 35.8 Å². The zero-order chi connectivity index (χ0) is 12.0. The Morgan fingerprint density at radius 2 is 2.24 bits per heavy atom. The Morgan fingerprint density at radius 1 is 1.47 bits per heavy atom. The van der Waals surface area contributed by atoms with Gasteiger partial charge in [0, 0.05) is 18.0 Å². The smallest absolute Gasteiger partial charge is 0.157 e. The number of aliphatic imine (C=N–C) groups is 1. The van der Waals surface area contributed by atoms with Crippen molar-refractivity contribution in [3.8, 4) is 0 Å². The molecule has 0 saturated heterocycles. The largest absolute Gasteiger partial charge is 0.369 e. The molecular weight excluding hydrogens is 236 g/mol. The van der Waals surface area contributed by atoms with Gasteiger partial charge in [-0.1, -0.05) is 24.6 Å². The molecule has 0 spiro atoms. The Labute approximate surface area is 106 Å². The van der Waals surface area contributed by atoms with Crippen molar-refractivity contribution in [3.05, 3.63) is 28.8 Å². The number of hydrogen-bond acceptors (Lipinski definition) is 3. The molecule has 0 bridgehead atoms. The second-order valence-corrected chi connectivity index (χ2v) is 4.97. The Balaban J connectivity index is 2.11. The zero-order valence-corrected chi connectivity index (χ0v) is 10.5. The van der Waals surface area contributed by atoms with Crippen molar-refractivity contribution in [1.29, 1.82) is 0 Å². The highest BCUT2D eigenvalue weighted by Gasteiger charge is 2.39. The summed E-state index contributed by atoms with van der Waals surface area (Å²) in [5.41, 5.74) is 1.55. The van der Waals surface area contributed by atoms with E-state index in [4.69, 9.17) is 11.6 Å². The Hall–Kier alpha value is -1.06. The minimum Gasteiger partial charge on any atom is -0.369 e. The fourth-order valence-electron chi connectivity index (χ4n) is 2.38. The summed E-state index contributed by atoms with van der Waals surface area (Å²) in [6.07, 6.45) is 2.46. The lowest BCUT2D eigenvalue weighted by atomic mass is 10.1. The van der Waals surface area contributed by atoms with Gasteiger partial charge in [-0.25, -0.2) is 4.99 Å². The molecule has 1 atom stereocenters. The van der Waals surface area contributed by atoms with Gasteiger partial charge >= 0.3 is 0 Å². The van der Waals surface area contributed by atoms with Crippen molar-refractivity contribution in [2.75, 3.05) is 0 Å². The van der Waals surface area contributed by atoms with Crippen molar-refractivity contribution < 1.29 is 5.11 Å². The zero-order valence-electron chi connectivity index (χ0n) is 9.73. The number of benzene rings is 1. The van der Waals surface area contributed by atoms with Crippen LogP contribution in [0.15, 0.2) is 23.2 Å². The van der Waals surface area contributed by atoms with Gasteiger partial charge in [0.2, 0.25) is 0 Å². The third-order valence-corrected chi connectivity index (χ3v) is 3.69. The summed E-state index contributed by atoms with van der Waals surface area (Å²) in [4.78, 5) is 6.64. The molecule has 3 nitrogen and oxygen atoms in total. The molecule has 90 valence electrons. The van der Waals surface area contributed by atoms with E-state index in [1.807, 2.05) is 17.0 Å². The molecule has 17 heavy (non-hydrogen) atoms. The van der Waals surface area contributed by atoms with Gasteiger partial charge in [-0.05, 0) is 25.0 Å². The van der Waals surface area contributed by atoms with E-state index in [1.165, 1.54) is 0 Å². The maximum Gasteiger partial charge on any atom is 0.157 e. The van der Waals surface area contributed by atoms with Crippen molar-refractivity contribution in [1.82, 2.24) is 4.90 Å². The molecule has 1 fully saturated rings. The van der Waals surface area contributed by atoms with Crippen LogP contribution in [0.5, 0.6) is 0 Å². The van der Waals surface area contributed by atoms with Gasteiger partial charge < -0.3 is 10.0 Å². The standard InChI is InChI=1S/C13H15ClN2O/c1-2-11-15-10-5-3-4-9(14)12(10)13(17)16(11)8-6-7-8/h3-5,8,13,17H,2,6-7H2,1H3. The van der Waals surface area contributed by atoms with Crippen LogP contribution in [0.25, 0.3) is 0 Å². The summed E-state index contributed by atoms with van der Waals surface area (Å²) < 4.78 is 0. The summed E-state index contributed by atoms with van der Waals surface area (Å²) in [6.45, 7) is 2.07. The highest BCUT2D eigenvalue weighted by molar-refractivity contribution is 6.31. The minimum atomic E-state index is -0.640. The monoisotopic (exact) mass is 250 g/mol. The van der Waals surface area contributed by atoms with Crippen molar-refractivity contribution >= 4 is 23.1 Å². The normalized spacial score (nSPS) is 23.4. The lowest BCUT2D eigenvalue weighted by Gasteiger charge is -2.35. The molecule has 1 aromatic carbocycles. The van der Waals surface area contributed by atoms with Crippen LogP contribution in [0.2, 0.25) is 5.02 Å². The molecule has 0 radical (unpaired) electrons. The molecule has 1 aromatic rings. The number of halogens is 1. The molecule has 1 aliphatic heterocycles. The molecule has 1 saturated carbocycles. The number of hydrogen-bond donors (Lipinski definition) is 1. The van der Waals surface area contributed by atoms with Crippen molar-refractivity contribution in [2.45, 2.75) is 38.5 Å². The summed E-state index contributed by atoms with van der Waals surface area (Å²) in [5, 5.41) is 11.1. The third kappa shape index (κ3) is 1.74. The van der Waals surface area contributed by atoms with Crippen LogP contribution in [-0.2, 0) is 0 Å². The third-order valence-electron chi connectivity index (χ3n) is 3.36. The summed E-state index contributed by atoms with van der Waals surface area (Å²) in [6, 6.07) is 6.02. The van der Waals surface area contributed by atoms with E-state index in [9.17, 15) is 5.11 Å². The highest BCUT2D eigenvalue weighted by Crippen LogP contribution is 2.43. The molecule has 3 rings (SSSR count). The molecule has 0 amide bonds. The summed E-state index contributed by atoms with van der Waals surface area (Å²) >= 11 is 6.16. The number of aliphatic hydroxyl groups excluding tert-OH is 1.